The Labute approximate surface area is 157 Å². The van der Waals surface area contributed by atoms with E-state index >= 15 is 0 Å². The fourth-order valence-electron chi connectivity index (χ4n) is 3.50. The Balaban J connectivity index is 1.46. The van der Waals surface area contributed by atoms with E-state index in [0.717, 1.165) is 45.7 Å². The lowest BCUT2D eigenvalue weighted by Gasteiger charge is -2.24. The summed E-state index contributed by atoms with van der Waals surface area (Å²) in [5.74, 6) is 0.241. The van der Waals surface area contributed by atoms with Gasteiger partial charge in [0.1, 0.15) is 0 Å². The van der Waals surface area contributed by atoms with Crippen molar-refractivity contribution in [2.75, 3.05) is 39.8 Å². The lowest BCUT2D eigenvalue weighted by atomic mass is 10.2. The van der Waals surface area contributed by atoms with Crippen LogP contribution in [-0.4, -0.2) is 60.4 Å². The molecule has 0 N–H and O–H groups in total. The average molecular weight is 351 g/mol. The number of nitrogens with zero attached hydrogens (tertiary/aromatic N) is 3. The highest BCUT2D eigenvalue weighted by Gasteiger charge is 2.20. The highest BCUT2D eigenvalue weighted by Crippen LogP contribution is 2.10. The molecule has 0 bridgehead atoms. The minimum Gasteiger partial charge on any atom is -0.340 e. The molecule has 138 valence electrons. The number of benzene rings is 2. The number of likely N-dealkylation sites (N-methyl/N-ethyl adjacent to an activating group) is 1. The second kappa shape index (κ2) is 9.51. The summed E-state index contributed by atoms with van der Waals surface area (Å²) >= 11 is 0. The Morgan fingerprint density at radius 1 is 0.885 bits per heavy atom. The maximum Gasteiger partial charge on any atom is 0.236 e. The van der Waals surface area contributed by atoms with Crippen LogP contribution >= 0.6 is 0 Å². The molecule has 0 radical (unpaired) electrons. The van der Waals surface area contributed by atoms with Gasteiger partial charge in [-0.3, -0.25) is 14.6 Å². The SMILES string of the molecule is CN(CC(=O)N1CCCN(Cc2ccccc2)CC1)Cc1ccccc1. The zero-order chi connectivity index (χ0) is 18.2. The smallest absolute Gasteiger partial charge is 0.236 e. The number of hydrogen-bond donors (Lipinski definition) is 0. The highest BCUT2D eigenvalue weighted by molar-refractivity contribution is 5.78. The van der Waals surface area contributed by atoms with Crippen LogP contribution in [0.2, 0.25) is 0 Å². The van der Waals surface area contributed by atoms with Gasteiger partial charge in [-0.05, 0) is 24.6 Å². The summed E-state index contributed by atoms with van der Waals surface area (Å²) in [7, 11) is 2.02. The van der Waals surface area contributed by atoms with E-state index < -0.39 is 0 Å². The molecule has 1 aliphatic rings. The molecule has 1 heterocycles. The van der Waals surface area contributed by atoms with Crippen LogP contribution in [0.4, 0.5) is 0 Å². The molecule has 0 saturated carbocycles. The standard InChI is InChI=1S/C22H29N3O/c1-23(17-20-9-4-2-5-10-20)19-22(26)25-14-8-13-24(15-16-25)18-21-11-6-3-7-12-21/h2-7,9-12H,8,13-19H2,1H3. The average Bonchev–Trinajstić information content (AvgIpc) is 2.89. The maximum atomic E-state index is 12.7. The minimum absolute atomic E-state index is 0.241. The molecule has 2 aromatic rings. The van der Waals surface area contributed by atoms with Gasteiger partial charge in [0.25, 0.3) is 0 Å². The number of hydrogen-bond acceptors (Lipinski definition) is 3. The molecule has 0 spiro atoms. The molecular weight excluding hydrogens is 322 g/mol. The van der Waals surface area contributed by atoms with Crippen molar-refractivity contribution in [1.29, 1.82) is 0 Å². The van der Waals surface area contributed by atoms with E-state index in [9.17, 15) is 4.79 Å². The molecule has 4 nitrogen and oxygen atoms in total. The van der Waals surface area contributed by atoms with Crippen molar-refractivity contribution in [2.24, 2.45) is 0 Å². The van der Waals surface area contributed by atoms with E-state index in [1.54, 1.807) is 0 Å². The predicted molar refractivity (Wildman–Crippen MR) is 106 cm³/mol. The van der Waals surface area contributed by atoms with Crippen LogP contribution in [0.25, 0.3) is 0 Å². The first-order valence-corrected chi connectivity index (χ1v) is 9.47. The van der Waals surface area contributed by atoms with Crippen LogP contribution in [0.5, 0.6) is 0 Å². The molecule has 1 fully saturated rings. The molecule has 0 aliphatic carbocycles. The van der Waals surface area contributed by atoms with E-state index in [4.69, 9.17) is 0 Å². The summed E-state index contributed by atoms with van der Waals surface area (Å²) in [5, 5.41) is 0. The summed E-state index contributed by atoms with van der Waals surface area (Å²) in [5.41, 5.74) is 2.59. The Bertz CT molecular complexity index is 674. The lowest BCUT2D eigenvalue weighted by molar-refractivity contribution is -0.132. The molecule has 1 aliphatic heterocycles. The second-order valence-electron chi connectivity index (χ2n) is 7.15. The van der Waals surface area contributed by atoms with Gasteiger partial charge in [0.2, 0.25) is 5.91 Å². The van der Waals surface area contributed by atoms with Gasteiger partial charge < -0.3 is 4.90 Å². The van der Waals surface area contributed by atoms with Gasteiger partial charge in [-0.2, -0.15) is 0 Å². The molecule has 0 aromatic heterocycles. The van der Waals surface area contributed by atoms with Crippen LogP contribution in [0.1, 0.15) is 17.5 Å². The topological polar surface area (TPSA) is 26.8 Å². The van der Waals surface area contributed by atoms with Crippen LogP contribution in [0.3, 0.4) is 0 Å². The van der Waals surface area contributed by atoms with Crippen molar-refractivity contribution in [3.05, 3.63) is 71.8 Å². The summed E-state index contributed by atoms with van der Waals surface area (Å²) in [6.45, 7) is 5.95. The van der Waals surface area contributed by atoms with Gasteiger partial charge in [0.15, 0.2) is 0 Å². The summed E-state index contributed by atoms with van der Waals surface area (Å²) in [6, 6.07) is 20.9. The third-order valence-electron chi connectivity index (χ3n) is 4.89. The van der Waals surface area contributed by atoms with Crippen molar-refractivity contribution in [3.63, 3.8) is 0 Å². The van der Waals surface area contributed by atoms with Gasteiger partial charge >= 0.3 is 0 Å². The van der Waals surface area contributed by atoms with Crippen LogP contribution in [-0.2, 0) is 17.9 Å². The van der Waals surface area contributed by atoms with Gasteiger partial charge in [-0.1, -0.05) is 60.7 Å². The number of amides is 1. The molecule has 26 heavy (non-hydrogen) atoms. The fraction of sp³-hybridized carbons (Fsp3) is 0.409. The van der Waals surface area contributed by atoms with Crippen LogP contribution in [0.15, 0.2) is 60.7 Å². The van der Waals surface area contributed by atoms with Gasteiger partial charge in [0.05, 0.1) is 6.54 Å². The minimum atomic E-state index is 0.241. The summed E-state index contributed by atoms with van der Waals surface area (Å²) in [4.78, 5) is 19.3. The number of rotatable bonds is 6. The molecule has 2 aromatic carbocycles. The van der Waals surface area contributed by atoms with Crippen molar-refractivity contribution >= 4 is 5.91 Å². The Kier molecular flexibility index (Phi) is 6.81. The zero-order valence-corrected chi connectivity index (χ0v) is 15.7. The number of carbonyl (C=O) groups excluding carboxylic acids is 1. The van der Waals surface area contributed by atoms with Crippen molar-refractivity contribution in [1.82, 2.24) is 14.7 Å². The van der Waals surface area contributed by atoms with E-state index in [1.165, 1.54) is 11.1 Å². The third-order valence-corrected chi connectivity index (χ3v) is 4.89. The van der Waals surface area contributed by atoms with Gasteiger partial charge in [-0.25, -0.2) is 0 Å². The molecule has 1 amide bonds. The van der Waals surface area contributed by atoms with E-state index in [1.807, 2.05) is 30.1 Å². The van der Waals surface area contributed by atoms with Gasteiger partial charge in [0, 0.05) is 39.3 Å². The van der Waals surface area contributed by atoms with E-state index in [0.29, 0.717) is 6.54 Å². The van der Waals surface area contributed by atoms with Gasteiger partial charge in [-0.15, -0.1) is 0 Å². The van der Waals surface area contributed by atoms with E-state index in [2.05, 4.69) is 52.3 Å². The summed E-state index contributed by atoms with van der Waals surface area (Å²) in [6.07, 6.45) is 1.04. The maximum absolute atomic E-state index is 12.7. The Morgan fingerprint density at radius 3 is 2.23 bits per heavy atom. The molecule has 0 unspecified atom stereocenters. The first-order chi connectivity index (χ1) is 12.7. The lowest BCUT2D eigenvalue weighted by Crippen LogP contribution is -2.40. The first-order valence-electron chi connectivity index (χ1n) is 9.47. The first kappa shape index (κ1) is 18.6. The van der Waals surface area contributed by atoms with Crippen molar-refractivity contribution in [2.45, 2.75) is 19.5 Å². The second-order valence-corrected chi connectivity index (χ2v) is 7.15. The molecule has 1 saturated heterocycles. The molecular formula is C22H29N3O. The third kappa shape index (κ3) is 5.68. The Hall–Kier alpha value is -2.17. The molecule has 3 rings (SSSR count). The van der Waals surface area contributed by atoms with Crippen molar-refractivity contribution in [3.8, 4) is 0 Å². The van der Waals surface area contributed by atoms with Crippen LogP contribution < -0.4 is 0 Å². The normalized spacial score (nSPS) is 15.8. The van der Waals surface area contributed by atoms with Crippen molar-refractivity contribution < 1.29 is 4.79 Å². The Morgan fingerprint density at radius 2 is 1.54 bits per heavy atom. The highest BCUT2D eigenvalue weighted by atomic mass is 16.2. The van der Waals surface area contributed by atoms with Crippen LogP contribution in [0, 0.1) is 0 Å². The monoisotopic (exact) mass is 351 g/mol. The molecule has 0 atom stereocenters. The predicted octanol–water partition coefficient (Wildman–Crippen LogP) is 2.85. The molecule has 4 heteroatoms. The zero-order valence-electron chi connectivity index (χ0n) is 15.7. The summed E-state index contributed by atoms with van der Waals surface area (Å²) < 4.78 is 0. The fourth-order valence-corrected chi connectivity index (χ4v) is 3.50. The number of carbonyl (C=O) groups is 1. The quantitative estimate of drug-likeness (QED) is 0.801. The van der Waals surface area contributed by atoms with E-state index in [-0.39, 0.29) is 5.91 Å². The largest absolute Gasteiger partial charge is 0.340 e.